The zero-order chi connectivity index (χ0) is 19.4. The zero-order valence-electron chi connectivity index (χ0n) is 14.8. The van der Waals surface area contributed by atoms with Gasteiger partial charge < -0.3 is 19.9 Å². The molecule has 2 atom stereocenters. The van der Waals surface area contributed by atoms with E-state index in [0.29, 0.717) is 22.5 Å². The smallest absolute Gasteiger partial charge is 0.320 e. The molecule has 3 rings (SSSR count). The molecule has 0 spiro atoms. The van der Waals surface area contributed by atoms with Crippen molar-refractivity contribution < 1.29 is 23.8 Å². The maximum absolute atomic E-state index is 14.0. The van der Waals surface area contributed by atoms with Gasteiger partial charge in [-0.2, -0.15) is 0 Å². The number of aromatic amines is 1. The quantitative estimate of drug-likeness (QED) is 0.607. The number of ether oxygens (including phenoxy) is 2. The summed E-state index contributed by atoms with van der Waals surface area (Å²) in [6.45, 7) is -0.312. The third-order valence-electron chi connectivity index (χ3n) is 4.23. The molecule has 1 aliphatic carbocycles. The lowest BCUT2D eigenvalue weighted by molar-refractivity contribution is 0.0929. The van der Waals surface area contributed by atoms with Crippen LogP contribution in [0.5, 0.6) is 5.88 Å². The lowest BCUT2D eigenvalue weighted by Crippen LogP contribution is -2.38. The van der Waals surface area contributed by atoms with Gasteiger partial charge in [-0.1, -0.05) is 12.2 Å². The zero-order valence-corrected chi connectivity index (χ0v) is 14.8. The lowest BCUT2D eigenvalue weighted by atomic mass is 9.96. The third kappa shape index (κ3) is 3.91. The Morgan fingerprint density at radius 2 is 2.26 bits per heavy atom. The predicted molar refractivity (Wildman–Crippen MR) is 96.0 cm³/mol. The van der Waals surface area contributed by atoms with Gasteiger partial charge in [-0.25, -0.2) is 14.2 Å². The van der Waals surface area contributed by atoms with Crippen molar-refractivity contribution in [3.05, 3.63) is 35.8 Å². The molecule has 0 radical (unpaired) electrons. The molecule has 0 saturated heterocycles. The van der Waals surface area contributed by atoms with Crippen LogP contribution in [0.15, 0.2) is 30.1 Å². The summed E-state index contributed by atoms with van der Waals surface area (Å²) < 4.78 is 24.3. The highest BCUT2D eigenvalue weighted by atomic mass is 19.1. The number of nitrogens with zero attached hydrogens (tertiary/aromatic N) is 2. The van der Waals surface area contributed by atoms with E-state index in [1.54, 1.807) is 18.2 Å². The topological polar surface area (TPSA) is 121 Å². The minimum atomic E-state index is -0.605. The number of urea groups is 1. The minimum Gasteiger partial charge on any atom is -0.479 e. The molecule has 10 heteroatoms. The van der Waals surface area contributed by atoms with Crippen LogP contribution in [0.1, 0.15) is 5.69 Å². The third-order valence-corrected chi connectivity index (χ3v) is 4.23. The number of carbonyl (C=O) groups excluding carboxylic acids is 1. The number of allylic oxidation sites excluding steroid dienone is 2. The predicted octanol–water partition coefficient (Wildman–Crippen LogP) is 1.63. The summed E-state index contributed by atoms with van der Waals surface area (Å²) in [5, 5.41) is 22.0. The molecule has 2 amide bonds. The second kappa shape index (κ2) is 8.14. The van der Waals surface area contributed by atoms with E-state index in [4.69, 9.17) is 9.47 Å². The Hall–Kier alpha value is -2.98. The highest BCUT2D eigenvalue weighted by Crippen LogP contribution is 2.27. The molecule has 0 saturated carbocycles. The number of anilines is 1. The van der Waals surface area contributed by atoms with Crippen molar-refractivity contribution in [2.75, 3.05) is 26.1 Å². The number of rotatable bonds is 6. The fourth-order valence-corrected chi connectivity index (χ4v) is 2.91. The Bertz CT molecular complexity index is 895. The monoisotopic (exact) mass is 377 g/mol. The molecular formula is C17H20FN5O4. The maximum Gasteiger partial charge on any atom is 0.320 e. The molecule has 0 aromatic carbocycles. The largest absolute Gasteiger partial charge is 0.479 e. The van der Waals surface area contributed by atoms with Gasteiger partial charge >= 0.3 is 6.03 Å². The number of methoxy groups -OCH3 is 2. The van der Waals surface area contributed by atoms with Gasteiger partial charge in [-0.3, -0.25) is 10.4 Å². The van der Waals surface area contributed by atoms with E-state index < -0.39 is 18.1 Å². The summed E-state index contributed by atoms with van der Waals surface area (Å²) in [5.41, 5.74) is 0.853. The first-order valence-corrected chi connectivity index (χ1v) is 8.21. The Labute approximate surface area is 154 Å². The average Bonchev–Trinajstić information content (AvgIpc) is 3.09. The van der Waals surface area contributed by atoms with Gasteiger partial charge in [-0.15, -0.1) is 5.10 Å². The molecule has 27 heavy (non-hydrogen) atoms. The molecule has 144 valence electrons. The van der Waals surface area contributed by atoms with E-state index >= 15 is 0 Å². The highest BCUT2D eigenvalue weighted by Gasteiger charge is 2.26. The van der Waals surface area contributed by atoms with Crippen molar-refractivity contribution in [2.24, 2.45) is 5.92 Å². The second-order valence-corrected chi connectivity index (χ2v) is 5.85. The van der Waals surface area contributed by atoms with Gasteiger partial charge in [0.15, 0.2) is 0 Å². The van der Waals surface area contributed by atoms with Crippen LogP contribution in [0, 0.1) is 5.92 Å². The van der Waals surface area contributed by atoms with E-state index in [1.807, 2.05) is 0 Å². The van der Waals surface area contributed by atoms with Crippen molar-refractivity contribution >= 4 is 22.8 Å². The lowest BCUT2D eigenvalue weighted by Gasteiger charge is -2.24. The van der Waals surface area contributed by atoms with E-state index in [1.165, 1.54) is 20.3 Å². The number of H-pyrrole nitrogens is 1. The first kappa shape index (κ1) is 18.8. The normalized spacial score (nSPS) is 19.0. The molecule has 0 aliphatic heterocycles. The molecule has 2 heterocycles. The van der Waals surface area contributed by atoms with Crippen LogP contribution in [0.2, 0.25) is 0 Å². The van der Waals surface area contributed by atoms with Crippen molar-refractivity contribution in [3.8, 4) is 5.88 Å². The standard InChI is InChI=1S/C17H20FN5O4/c1-26-13-5-3-4-10(18)9(13)7-19-17(25)21-14-6-11-15(12(8-24)20-14)16(27-2)23-22-11/h3-6,9,13,24H,7-8H2,1-2H3,(H,22,23)(H2,19,20,21,25). The molecule has 1 aliphatic rings. The number of carbonyl (C=O) groups is 1. The Morgan fingerprint density at radius 3 is 2.96 bits per heavy atom. The van der Waals surface area contributed by atoms with Crippen molar-refractivity contribution in [2.45, 2.75) is 12.7 Å². The van der Waals surface area contributed by atoms with Gasteiger partial charge in [-0.05, 0) is 6.08 Å². The van der Waals surface area contributed by atoms with Crippen LogP contribution >= 0.6 is 0 Å². The number of amides is 2. The summed E-state index contributed by atoms with van der Waals surface area (Å²) in [6.07, 6.45) is 4.19. The van der Waals surface area contributed by atoms with Gasteiger partial charge in [0.1, 0.15) is 11.6 Å². The number of pyridine rings is 1. The van der Waals surface area contributed by atoms with Crippen molar-refractivity contribution in [3.63, 3.8) is 0 Å². The summed E-state index contributed by atoms with van der Waals surface area (Å²) >= 11 is 0. The van der Waals surface area contributed by atoms with Crippen LogP contribution in [0.3, 0.4) is 0 Å². The molecule has 4 N–H and O–H groups in total. The van der Waals surface area contributed by atoms with E-state index in [9.17, 15) is 14.3 Å². The summed E-state index contributed by atoms with van der Waals surface area (Å²) in [7, 11) is 2.94. The minimum absolute atomic E-state index is 0.0456. The van der Waals surface area contributed by atoms with Crippen LogP contribution in [-0.2, 0) is 11.3 Å². The molecule has 2 aromatic heterocycles. The number of hydrogen-bond acceptors (Lipinski definition) is 6. The molecule has 9 nitrogen and oxygen atoms in total. The number of aliphatic hydroxyl groups is 1. The van der Waals surface area contributed by atoms with Crippen molar-refractivity contribution in [1.29, 1.82) is 0 Å². The van der Waals surface area contributed by atoms with E-state index in [0.717, 1.165) is 0 Å². The SMILES string of the molecule is COc1n[nH]c2cc(NC(=O)NCC3C(F)=CC=CC3OC)nc(CO)c12. The molecule has 0 bridgehead atoms. The van der Waals surface area contributed by atoms with E-state index in [-0.39, 0.29) is 24.8 Å². The van der Waals surface area contributed by atoms with Crippen molar-refractivity contribution in [1.82, 2.24) is 20.5 Å². The summed E-state index contributed by atoms with van der Waals surface area (Å²) in [5.74, 6) is -0.462. The highest BCUT2D eigenvalue weighted by molar-refractivity contribution is 5.93. The van der Waals surface area contributed by atoms with Crippen LogP contribution in [0.4, 0.5) is 15.0 Å². The van der Waals surface area contributed by atoms with Gasteiger partial charge in [0.2, 0.25) is 5.88 Å². The van der Waals surface area contributed by atoms with Crippen LogP contribution in [-0.4, -0.2) is 53.2 Å². The Morgan fingerprint density at radius 1 is 1.44 bits per heavy atom. The fraction of sp³-hybridized carbons (Fsp3) is 0.353. The molecular weight excluding hydrogens is 357 g/mol. The van der Waals surface area contributed by atoms with Gasteiger partial charge in [0.25, 0.3) is 0 Å². The second-order valence-electron chi connectivity index (χ2n) is 5.85. The number of hydrogen-bond donors (Lipinski definition) is 4. The fourth-order valence-electron chi connectivity index (χ4n) is 2.91. The maximum atomic E-state index is 14.0. The van der Waals surface area contributed by atoms with Gasteiger partial charge in [0.05, 0.1) is 42.3 Å². The molecule has 0 fully saturated rings. The summed E-state index contributed by atoms with van der Waals surface area (Å²) in [4.78, 5) is 16.4. The number of aliphatic hydroxyl groups excluding tert-OH is 1. The van der Waals surface area contributed by atoms with Crippen LogP contribution in [0.25, 0.3) is 10.9 Å². The summed E-state index contributed by atoms with van der Waals surface area (Å²) in [6, 6.07) is 1.00. The number of nitrogens with one attached hydrogen (secondary N) is 3. The number of fused-ring (bicyclic) bond motifs is 1. The average molecular weight is 377 g/mol. The number of aromatic nitrogens is 3. The van der Waals surface area contributed by atoms with Crippen LogP contribution < -0.4 is 15.4 Å². The number of halogens is 1. The first-order chi connectivity index (χ1) is 13.1. The Balaban J connectivity index is 1.69. The van der Waals surface area contributed by atoms with E-state index in [2.05, 4.69) is 25.8 Å². The molecule has 2 unspecified atom stereocenters. The van der Waals surface area contributed by atoms with Gasteiger partial charge in [0, 0.05) is 19.7 Å². The first-order valence-electron chi connectivity index (χ1n) is 8.21. The molecule has 2 aromatic rings. The Kier molecular flexibility index (Phi) is 5.67.